The van der Waals surface area contributed by atoms with Crippen LogP contribution >= 0.6 is 0 Å². The summed E-state index contributed by atoms with van der Waals surface area (Å²) >= 11 is 0. The monoisotopic (exact) mass is 444 g/mol. The number of carbonyl (C=O) groups excluding carboxylic acids is 2. The molecule has 0 unspecified atom stereocenters. The first-order valence-corrected chi connectivity index (χ1v) is 11.6. The van der Waals surface area contributed by atoms with Gasteiger partial charge in [-0.2, -0.15) is 0 Å². The van der Waals surface area contributed by atoms with E-state index in [0.717, 1.165) is 42.4 Å². The van der Waals surface area contributed by atoms with E-state index in [1.54, 1.807) is 30.3 Å². The van der Waals surface area contributed by atoms with E-state index >= 15 is 0 Å². The summed E-state index contributed by atoms with van der Waals surface area (Å²) in [6, 6.07) is 16.8. The molecule has 0 aliphatic heterocycles. The first kappa shape index (κ1) is 24.2. The molecule has 0 aliphatic rings. The molecule has 0 radical (unpaired) electrons. The minimum absolute atomic E-state index is 0.402. The molecule has 0 bridgehead atoms. The summed E-state index contributed by atoms with van der Waals surface area (Å²) in [6.45, 7) is 9.82. The van der Waals surface area contributed by atoms with Gasteiger partial charge in [0.2, 0.25) is 0 Å². The molecular weight excluding hydrogens is 412 g/mol. The van der Waals surface area contributed by atoms with E-state index in [-0.39, 0.29) is 0 Å². The molecule has 4 heteroatoms. The van der Waals surface area contributed by atoms with Crippen LogP contribution in [0.25, 0.3) is 0 Å². The number of rotatable bonds is 8. The third-order valence-corrected chi connectivity index (χ3v) is 5.83. The molecule has 0 fully saturated rings. The highest BCUT2D eigenvalue weighted by atomic mass is 16.5. The molecule has 0 saturated carbocycles. The summed E-state index contributed by atoms with van der Waals surface area (Å²) in [5.41, 5.74) is 5.67. The van der Waals surface area contributed by atoms with Gasteiger partial charge in [0.05, 0.1) is 11.1 Å². The van der Waals surface area contributed by atoms with Crippen LogP contribution in [0, 0.1) is 20.8 Å². The van der Waals surface area contributed by atoms with Crippen LogP contribution in [-0.2, 0) is 12.8 Å². The number of esters is 2. The van der Waals surface area contributed by atoms with E-state index in [1.165, 1.54) is 11.1 Å². The molecule has 3 rings (SSSR count). The normalized spacial score (nSPS) is 10.7. The molecule has 0 atom stereocenters. The van der Waals surface area contributed by atoms with Crippen molar-refractivity contribution in [2.45, 2.75) is 60.3 Å². The molecule has 0 saturated heterocycles. The van der Waals surface area contributed by atoms with Crippen molar-refractivity contribution in [3.63, 3.8) is 0 Å². The topological polar surface area (TPSA) is 52.6 Å². The Morgan fingerprint density at radius 2 is 1.12 bits per heavy atom. The van der Waals surface area contributed by atoms with Gasteiger partial charge in [0, 0.05) is 0 Å². The van der Waals surface area contributed by atoms with Crippen LogP contribution in [-0.4, -0.2) is 11.9 Å². The van der Waals surface area contributed by atoms with Crippen LogP contribution in [0.1, 0.15) is 75.2 Å². The third kappa shape index (κ3) is 5.89. The first-order valence-electron chi connectivity index (χ1n) is 11.6. The van der Waals surface area contributed by atoms with Gasteiger partial charge in [-0.05, 0) is 91.8 Å². The van der Waals surface area contributed by atoms with E-state index in [0.29, 0.717) is 22.6 Å². The van der Waals surface area contributed by atoms with E-state index in [4.69, 9.17) is 9.47 Å². The predicted molar refractivity (Wildman–Crippen MR) is 131 cm³/mol. The van der Waals surface area contributed by atoms with Crippen molar-refractivity contribution in [2.75, 3.05) is 0 Å². The Kier molecular flexibility index (Phi) is 8.05. The minimum atomic E-state index is -0.406. The Labute approximate surface area is 196 Å². The molecule has 0 heterocycles. The Balaban J connectivity index is 1.76. The molecule has 4 nitrogen and oxygen atoms in total. The maximum absolute atomic E-state index is 12.7. The van der Waals surface area contributed by atoms with Gasteiger partial charge < -0.3 is 9.47 Å². The lowest BCUT2D eigenvalue weighted by Crippen LogP contribution is -2.13. The molecule has 3 aromatic carbocycles. The fraction of sp³-hybridized carbons (Fsp3) is 0.310. The van der Waals surface area contributed by atoms with Gasteiger partial charge in [0.15, 0.2) is 0 Å². The zero-order valence-electron chi connectivity index (χ0n) is 20.2. The smallest absolute Gasteiger partial charge is 0.343 e. The molecule has 0 N–H and O–H groups in total. The second-order valence-electron chi connectivity index (χ2n) is 8.44. The number of benzene rings is 3. The van der Waals surface area contributed by atoms with Crippen molar-refractivity contribution in [1.82, 2.24) is 0 Å². The second kappa shape index (κ2) is 11.0. The first-order chi connectivity index (χ1) is 15.8. The average Bonchev–Trinajstić information content (AvgIpc) is 2.81. The van der Waals surface area contributed by atoms with Gasteiger partial charge in [-0.25, -0.2) is 9.59 Å². The zero-order valence-corrected chi connectivity index (χ0v) is 20.2. The van der Waals surface area contributed by atoms with Crippen molar-refractivity contribution in [3.8, 4) is 11.5 Å². The highest BCUT2D eigenvalue weighted by Crippen LogP contribution is 2.34. The number of hydrogen-bond acceptors (Lipinski definition) is 4. The largest absolute Gasteiger partial charge is 0.423 e. The number of hydrogen-bond donors (Lipinski definition) is 0. The summed E-state index contributed by atoms with van der Waals surface area (Å²) < 4.78 is 11.4. The zero-order chi connectivity index (χ0) is 24.0. The lowest BCUT2D eigenvalue weighted by atomic mass is 10.0. The minimum Gasteiger partial charge on any atom is -0.423 e. The molecule has 172 valence electrons. The second-order valence-corrected chi connectivity index (χ2v) is 8.44. The van der Waals surface area contributed by atoms with E-state index in [1.807, 2.05) is 45.0 Å². The predicted octanol–water partition coefficient (Wildman–Crippen LogP) is 6.96. The molecule has 0 aromatic heterocycles. The van der Waals surface area contributed by atoms with Gasteiger partial charge >= 0.3 is 11.9 Å². The summed E-state index contributed by atoms with van der Waals surface area (Å²) in [5.74, 6) is 0.160. The maximum Gasteiger partial charge on any atom is 0.343 e. The lowest BCUT2D eigenvalue weighted by Gasteiger charge is -2.16. The highest BCUT2D eigenvalue weighted by molar-refractivity contribution is 5.92. The Morgan fingerprint density at radius 3 is 1.58 bits per heavy atom. The third-order valence-electron chi connectivity index (χ3n) is 5.83. The Bertz CT molecular complexity index is 1130. The van der Waals surface area contributed by atoms with E-state index in [9.17, 15) is 9.59 Å². The quantitative estimate of drug-likeness (QED) is 0.278. The highest BCUT2D eigenvalue weighted by Gasteiger charge is 2.19. The SMILES string of the molecule is CCCc1ccc(C(=O)Oc2cc(C)c(OC(=O)c3ccc(CCC)cc3)c(C)c2C)cc1. The Morgan fingerprint density at radius 1 is 0.667 bits per heavy atom. The van der Waals surface area contributed by atoms with Gasteiger partial charge in [-0.3, -0.25) is 0 Å². The summed E-state index contributed by atoms with van der Waals surface area (Å²) in [7, 11) is 0. The van der Waals surface area contributed by atoms with Crippen LogP contribution < -0.4 is 9.47 Å². The van der Waals surface area contributed by atoms with Crippen LogP contribution in [0.2, 0.25) is 0 Å². The summed E-state index contributed by atoms with van der Waals surface area (Å²) in [4.78, 5) is 25.4. The van der Waals surface area contributed by atoms with E-state index in [2.05, 4.69) is 13.8 Å². The summed E-state index contributed by atoms with van der Waals surface area (Å²) in [5, 5.41) is 0. The van der Waals surface area contributed by atoms with Crippen LogP contribution in [0.15, 0.2) is 54.6 Å². The van der Waals surface area contributed by atoms with Gasteiger partial charge in [-0.1, -0.05) is 51.0 Å². The fourth-order valence-electron chi connectivity index (χ4n) is 3.79. The average molecular weight is 445 g/mol. The maximum atomic E-state index is 12.7. The molecule has 0 aliphatic carbocycles. The van der Waals surface area contributed by atoms with Gasteiger partial charge in [0.25, 0.3) is 0 Å². The molecular formula is C29H32O4. The molecule has 33 heavy (non-hydrogen) atoms. The van der Waals surface area contributed by atoms with Crippen molar-refractivity contribution < 1.29 is 19.1 Å². The number of ether oxygens (including phenoxy) is 2. The number of aryl methyl sites for hydroxylation is 3. The van der Waals surface area contributed by atoms with E-state index < -0.39 is 11.9 Å². The van der Waals surface area contributed by atoms with Crippen molar-refractivity contribution >= 4 is 11.9 Å². The molecule has 3 aromatic rings. The number of carbonyl (C=O) groups is 2. The van der Waals surface area contributed by atoms with Crippen molar-refractivity contribution in [1.29, 1.82) is 0 Å². The molecule has 0 amide bonds. The Hall–Kier alpha value is -3.40. The molecule has 0 spiro atoms. The van der Waals surface area contributed by atoms with Crippen LogP contribution in [0.4, 0.5) is 0 Å². The van der Waals surface area contributed by atoms with Crippen molar-refractivity contribution in [2.24, 2.45) is 0 Å². The van der Waals surface area contributed by atoms with Crippen LogP contribution in [0.5, 0.6) is 11.5 Å². The summed E-state index contributed by atoms with van der Waals surface area (Å²) in [6.07, 6.45) is 4.08. The van der Waals surface area contributed by atoms with Gasteiger partial charge in [0.1, 0.15) is 11.5 Å². The lowest BCUT2D eigenvalue weighted by molar-refractivity contribution is 0.0716. The van der Waals surface area contributed by atoms with Gasteiger partial charge in [-0.15, -0.1) is 0 Å². The fourth-order valence-corrected chi connectivity index (χ4v) is 3.79. The van der Waals surface area contributed by atoms with Crippen molar-refractivity contribution in [3.05, 3.63) is 93.5 Å². The van der Waals surface area contributed by atoms with Crippen LogP contribution in [0.3, 0.4) is 0 Å². The standard InChI is InChI=1S/C29H32O4/c1-6-8-22-10-14-24(15-11-22)28(30)32-26-18-19(3)27(21(5)20(26)4)33-29(31)25-16-12-23(9-7-2)13-17-25/h10-18H,6-9H2,1-5H3.